The maximum atomic E-state index is 13.0. The largest absolute Gasteiger partial charge is 0.478 e. The van der Waals surface area contributed by atoms with Crippen LogP contribution in [0.15, 0.2) is 53.4 Å². The zero-order valence-corrected chi connectivity index (χ0v) is 10.7. The fourth-order valence-electron chi connectivity index (χ4n) is 1.64. The number of carboxylic acids is 1. The molecule has 19 heavy (non-hydrogen) atoms. The van der Waals surface area contributed by atoms with Crippen molar-refractivity contribution in [3.63, 3.8) is 0 Å². The topological polar surface area (TPSA) is 54.4 Å². The van der Waals surface area contributed by atoms with Crippen molar-refractivity contribution in [3.05, 3.63) is 65.5 Å². The van der Waals surface area contributed by atoms with Crippen molar-refractivity contribution in [1.29, 1.82) is 0 Å². The third kappa shape index (κ3) is 3.48. The Hall–Kier alpha value is -2.01. The van der Waals surface area contributed by atoms with Crippen molar-refractivity contribution in [3.8, 4) is 0 Å². The van der Waals surface area contributed by atoms with E-state index in [1.54, 1.807) is 18.2 Å². The molecule has 0 fully saturated rings. The lowest BCUT2D eigenvalue weighted by Crippen LogP contribution is -2.00. The monoisotopic (exact) mass is 278 g/mol. The summed E-state index contributed by atoms with van der Waals surface area (Å²) in [5, 5.41) is 8.87. The van der Waals surface area contributed by atoms with E-state index in [-0.39, 0.29) is 11.3 Å². The van der Waals surface area contributed by atoms with Crippen molar-refractivity contribution < 1.29 is 18.5 Å². The first-order chi connectivity index (χ1) is 9.06. The Morgan fingerprint density at radius 2 is 1.89 bits per heavy atom. The van der Waals surface area contributed by atoms with Crippen LogP contribution in [0.25, 0.3) is 0 Å². The van der Waals surface area contributed by atoms with Crippen molar-refractivity contribution in [2.75, 3.05) is 0 Å². The van der Waals surface area contributed by atoms with Gasteiger partial charge in [0, 0.05) is 4.90 Å². The second kappa shape index (κ2) is 5.75. The van der Waals surface area contributed by atoms with Gasteiger partial charge in [0.05, 0.1) is 22.1 Å². The average Bonchev–Trinajstić information content (AvgIpc) is 2.39. The lowest BCUT2D eigenvalue weighted by molar-refractivity contribution is 0.0696. The minimum atomic E-state index is -1.40. The molecule has 98 valence electrons. The van der Waals surface area contributed by atoms with Crippen LogP contribution >= 0.6 is 0 Å². The smallest absolute Gasteiger partial charge is 0.335 e. The Labute approximate surface area is 112 Å². The highest BCUT2D eigenvalue weighted by Crippen LogP contribution is 2.14. The summed E-state index contributed by atoms with van der Waals surface area (Å²) in [7, 11) is -1.40. The number of benzene rings is 2. The van der Waals surface area contributed by atoms with Gasteiger partial charge in [0.1, 0.15) is 5.82 Å². The van der Waals surface area contributed by atoms with Crippen LogP contribution < -0.4 is 0 Å². The van der Waals surface area contributed by atoms with E-state index in [4.69, 9.17) is 5.11 Å². The first-order valence-corrected chi connectivity index (χ1v) is 6.84. The van der Waals surface area contributed by atoms with Crippen molar-refractivity contribution >= 4 is 16.8 Å². The molecule has 2 aromatic rings. The number of aromatic carboxylic acids is 1. The van der Waals surface area contributed by atoms with Crippen LogP contribution in [0.2, 0.25) is 0 Å². The molecule has 0 saturated carbocycles. The Balaban J connectivity index is 2.19. The maximum absolute atomic E-state index is 13.0. The van der Waals surface area contributed by atoms with Crippen molar-refractivity contribution in [2.24, 2.45) is 0 Å². The van der Waals surface area contributed by atoms with Crippen molar-refractivity contribution in [1.82, 2.24) is 0 Å². The quantitative estimate of drug-likeness (QED) is 0.935. The molecule has 0 bridgehead atoms. The summed E-state index contributed by atoms with van der Waals surface area (Å²) >= 11 is 0. The third-order valence-electron chi connectivity index (χ3n) is 2.53. The number of halogens is 1. The zero-order chi connectivity index (χ0) is 13.8. The molecule has 0 saturated heterocycles. The minimum absolute atomic E-state index is 0.147. The van der Waals surface area contributed by atoms with Gasteiger partial charge in [-0.05, 0) is 35.9 Å². The fourth-order valence-corrected chi connectivity index (χ4v) is 2.76. The van der Waals surface area contributed by atoms with E-state index < -0.39 is 22.6 Å². The Morgan fingerprint density at radius 1 is 1.16 bits per heavy atom. The normalized spacial score (nSPS) is 12.1. The molecule has 0 spiro atoms. The highest BCUT2D eigenvalue weighted by molar-refractivity contribution is 7.84. The summed E-state index contributed by atoms with van der Waals surface area (Å²) in [6, 6.07) is 11.8. The Kier molecular flexibility index (Phi) is 4.06. The third-order valence-corrected chi connectivity index (χ3v) is 3.91. The maximum Gasteiger partial charge on any atom is 0.335 e. The summed E-state index contributed by atoms with van der Waals surface area (Å²) in [4.78, 5) is 11.2. The summed E-state index contributed by atoms with van der Waals surface area (Å²) in [5.74, 6) is -1.31. The second-order valence-corrected chi connectivity index (χ2v) is 5.40. The molecule has 3 nitrogen and oxygen atoms in total. The summed E-state index contributed by atoms with van der Waals surface area (Å²) in [6.07, 6.45) is 0. The second-order valence-electron chi connectivity index (χ2n) is 3.95. The van der Waals surface area contributed by atoms with Gasteiger partial charge in [0.25, 0.3) is 0 Å². The van der Waals surface area contributed by atoms with Crippen LogP contribution in [0.4, 0.5) is 4.39 Å². The Bertz CT molecular complexity index is 640. The highest BCUT2D eigenvalue weighted by Gasteiger charge is 2.08. The number of carboxylic acid groups (broad SMARTS) is 1. The molecule has 1 unspecified atom stereocenters. The molecule has 1 atom stereocenters. The SMILES string of the molecule is O=C(O)c1cccc(CS(=O)c2cccc(F)c2)c1. The summed E-state index contributed by atoms with van der Waals surface area (Å²) in [6.45, 7) is 0. The predicted octanol–water partition coefficient (Wildman–Crippen LogP) is 2.83. The first kappa shape index (κ1) is 13.4. The van der Waals surface area contributed by atoms with Crippen LogP contribution in [0.1, 0.15) is 15.9 Å². The summed E-state index contributed by atoms with van der Waals surface area (Å²) < 4.78 is 25.1. The van der Waals surface area contributed by atoms with Crippen LogP contribution in [0, 0.1) is 5.82 Å². The molecule has 2 aromatic carbocycles. The van der Waals surface area contributed by atoms with E-state index in [1.165, 1.54) is 30.3 Å². The average molecular weight is 278 g/mol. The van der Waals surface area contributed by atoms with Gasteiger partial charge in [0.2, 0.25) is 0 Å². The van der Waals surface area contributed by atoms with Gasteiger partial charge in [-0.15, -0.1) is 0 Å². The lowest BCUT2D eigenvalue weighted by atomic mass is 10.1. The number of hydrogen-bond donors (Lipinski definition) is 1. The first-order valence-electron chi connectivity index (χ1n) is 5.52. The molecule has 0 aliphatic carbocycles. The summed E-state index contributed by atoms with van der Waals surface area (Å²) in [5.41, 5.74) is 0.788. The molecular weight excluding hydrogens is 267 g/mol. The van der Waals surface area contributed by atoms with Gasteiger partial charge in [-0.1, -0.05) is 18.2 Å². The number of carbonyl (C=O) groups is 1. The van der Waals surface area contributed by atoms with Gasteiger partial charge in [-0.2, -0.15) is 0 Å². The van der Waals surface area contributed by atoms with Crippen LogP contribution in [0.5, 0.6) is 0 Å². The standard InChI is InChI=1S/C14H11FO3S/c15-12-5-2-6-13(8-12)19(18)9-10-3-1-4-11(7-10)14(16)17/h1-8H,9H2,(H,16,17). The molecule has 0 aliphatic heterocycles. The van der Waals surface area contributed by atoms with Crippen LogP contribution in [0.3, 0.4) is 0 Å². The fraction of sp³-hybridized carbons (Fsp3) is 0.0714. The molecule has 1 N–H and O–H groups in total. The van der Waals surface area contributed by atoms with E-state index >= 15 is 0 Å². The van der Waals surface area contributed by atoms with Crippen LogP contribution in [-0.4, -0.2) is 15.3 Å². The van der Waals surface area contributed by atoms with E-state index in [1.807, 2.05) is 0 Å². The molecule has 0 amide bonds. The number of rotatable bonds is 4. The van der Waals surface area contributed by atoms with Crippen molar-refractivity contribution in [2.45, 2.75) is 10.6 Å². The zero-order valence-electron chi connectivity index (χ0n) is 9.88. The van der Waals surface area contributed by atoms with E-state index in [0.717, 1.165) is 0 Å². The van der Waals surface area contributed by atoms with E-state index in [9.17, 15) is 13.4 Å². The molecule has 0 heterocycles. The molecule has 2 rings (SSSR count). The molecule has 5 heteroatoms. The predicted molar refractivity (Wildman–Crippen MR) is 69.9 cm³/mol. The van der Waals surface area contributed by atoms with Crippen LogP contribution in [-0.2, 0) is 16.6 Å². The van der Waals surface area contributed by atoms with E-state index in [2.05, 4.69) is 0 Å². The van der Waals surface area contributed by atoms with Gasteiger partial charge >= 0.3 is 5.97 Å². The minimum Gasteiger partial charge on any atom is -0.478 e. The Morgan fingerprint density at radius 3 is 2.58 bits per heavy atom. The molecule has 0 aromatic heterocycles. The highest BCUT2D eigenvalue weighted by atomic mass is 32.2. The number of hydrogen-bond acceptors (Lipinski definition) is 2. The van der Waals surface area contributed by atoms with Gasteiger partial charge in [0.15, 0.2) is 0 Å². The van der Waals surface area contributed by atoms with Gasteiger partial charge in [-0.3, -0.25) is 4.21 Å². The molecule has 0 radical (unpaired) electrons. The van der Waals surface area contributed by atoms with Gasteiger partial charge in [-0.25, -0.2) is 9.18 Å². The lowest BCUT2D eigenvalue weighted by Gasteiger charge is -2.04. The molecule has 0 aliphatic rings. The van der Waals surface area contributed by atoms with E-state index in [0.29, 0.717) is 10.5 Å². The van der Waals surface area contributed by atoms with Gasteiger partial charge < -0.3 is 5.11 Å². The molecular formula is C14H11FO3S.